The van der Waals surface area contributed by atoms with Gasteiger partial charge >= 0.3 is 0 Å². The fourth-order valence-electron chi connectivity index (χ4n) is 3.85. The maximum absolute atomic E-state index is 13.6. The van der Waals surface area contributed by atoms with Crippen molar-refractivity contribution in [2.45, 2.75) is 42.4 Å². The quantitative estimate of drug-likeness (QED) is 0.402. The third-order valence-electron chi connectivity index (χ3n) is 5.47. The minimum atomic E-state index is -0.262. The van der Waals surface area contributed by atoms with Gasteiger partial charge in [0, 0.05) is 11.1 Å². The average Bonchev–Trinajstić information content (AvgIpc) is 3.42. The smallest absolute Gasteiger partial charge is 0.202 e. The Morgan fingerprint density at radius 2 is 1.83 bits per heavy atom. The van der Waals surface area contributed by atoms with E-state index in [9.17, 15) is 4.39 Å². The number of rotatable bonds is 5. The molecule has 1 saturated heterocycles. The van der Waals surface area contributed by atoms with Gasteiger partial charge in [-0.2, -0.15) is 0 Å². The minimum Gasteiger partial charge on any atom is -0.294 e. The lowest BCUT2D eigenvalue weighted by molar-refractivity contribution is 0.167. The van der Waals surface area contributed by atoms with Gasteiger partial charge < -0.3 is 0 Å². The Hall–Kier alpha value is -2.36. The Kier molecular flexibility index (Phi) is 5.49. The molecule has 4 aromatic rings. The Balaban J connectivity index is 1.57. The number of hydrogen-bond donors (Lipinski definition) is 0. The molecule has 30 heavy (non-hydrogen) atoms. The molecule has 1 aliphatic heterocycles. The Morgan fingerprint density at radius 3 is 2.63 bits per heavy atom. The van der Waals surface area contributed by atoms with Crippen molar-refractivity contribution < 1.29 is 4.39 Å². The third-order valence-corrected chi connectivity index (χ3v) is 7.25. The van der Waals surface area contributed by atoms with E-state index in [1.807, 2.05) is 16.0 Å². The summed E-state index contributed by atoms with van der Waals surface area (Å²) in [5, 5.41) is 13.7. The molecule has 4 heterocycles. The highest BCUT2D eigenvalue weighted by atomic mass is 32.2. The molecule has 0 N–H and O–H groups in total. The number of fused-ring (bicyclic) bond motifs is 1. The Labute approximate surface area is 182 Å². The SMILES string of the molecule is CC(c1nnc(Sc2ncnc3sccc23)n1-c1ccc(F)cc1)N1CCCCC1. The molecule has 0 aliphatic carbocycles. The van der Waals surface area contributed by atoms with Gasteiger partial charge in [0.05, 0.1) is 6.04 Å². The summed E-state index contributed by atoms with van der Waals surface area (Å²) in [5.74, 6) is 0.601. The second kappa shape index (κ2) is 8.41. The van der Waals surface area contributed by atoms with Gasteiger partial charge in [-0.05, 0) is 80.3 Å². The van der Waals surface area contributed by atoms with E-state index in [1.165, 1.54) is 43.2 Å². The van der Waals surface area contributed by atoms with Crippen molar-refractivity contribution in [2.24, 2.45) is 0 Å². The molecule has 0 spiro atoms. The molecule has 1 unspecified atom stereocenters. The van der Waals surface area contributed by atoms with E-state index in [1.54, 1.807) is 29.8 Å². The number of nitrogens with zero attached hydrogens (tertiary/aromatic N) is 6. The van der Waals surface area contributed by atoms with Crippen LogP contribution in [0.25, 0.3) is 15.9 Å². The third kappa shape index (κ3) is 3.73. The molecule has 0 bridgehead atoms. The molecule has 1 aromatic carbocycles. The number of piperidine rings is 1. The number of thiophene rings is 1. The Bertz CT molecular complexity index is 1150. The summed E-state index contributed by atoms with van der Waals surface area (Å²) in [6, 6.07) is 8.63. The molecule has 9 heteroatoms. The van der Waals surface area contributed by atoms with Gasteiger partial charge in [0.2, 0.25) is 5.16 Å². The summed E-state index contributed by atoms with van der Waals surface area (Å²) < 4.78 is 15.6. The lowest BCUT2D eigenvalue weighted by Crippen LogP contribution is -2.33. The van der Waals surface area contributed by atoms with Gasteiger partial charge in [0.1, 0.15) is 22.0 Å². The van der Waals surface area contributed by atoms with E-state index in [0.717, 1.165) is 39.8 Å². The van der Waals surface area contributed by atoms with Gasteiger partial charge in [0.25, 0.3) is 0 Å². The van der Waals surface area contributed by atoms with E-state index in [0.29, 0.717) is 5.16 Å². The zero-order chi connectivity index (χ0) is 20.5. The monoisotopic (exact) mass is 440 g/mol. The second-order valence-corrected chi connectivity index (χ2v) is 9.20. The normalized spacial score (nSPS) is 16.2. The highest BCUT2D eigenvalue weighted by molar-refractivity contribution is 7.99. The van der Waals surface area contributed by atoms with Gasteiger partial charge in [-0.25, -0.2) is 14.4 Å². The number of likely N-dealkylation sites (tertiary alicyclic amines) is 1. The highest BCUT2D eigenvalue weighted by Crippen LogP contribution is 2.35. The molecule has 6 nitrogen and oxygen atoms in total. The molecule has 1 fully saturated rings. The van der Waals surface area contributed by atoms with Crippen LogP contribution >= 0.6 is 23.1 Å². The van der Waals surface area contributed by atoms with Crippen LogP contribution in [0.2, 0.25) is 0 Å². The molecule has 0 radical (unpaired) electrons. The van der Waals surface area contributed by atoms with E-state index in [2.05, 4.69) is 32.0 Å². The first-order valence-corrected chi connectivity index (χ1v) is 11.7. The number of halogens is 1. The van der Waals surface area contributed by atoms with Gasteiger partial charge in [0.15, 0.2) is 5.82 Å². The molecular weight excluding hydrogens is 419 g/mol. The Morgan fingerprint density at radius 1 is 1.03 bits per heavy atom. The zero-order valence-corrected chi connectivity index (χ0v) is 18.2. The summed E-state index contributed by atoms with van der Waals surface area (Å²) >= 11 is 3.05. The van der Waals surface area contributed by atoms with E-state index >= 15 is 0 Å². The fraction of sp³-hybridized carbons (Fsp3) is 0.333. The van der Waals surface area contributed by atoms with Crippen LogP contribution in [0.15, 0.2) is 52.2 Å². The van der Waals surface area contributed by atoms with E-state index in [-0.39, 0.29) is 11.9 Å². The molecule has 1 aliphatic rings. The lowest BCUT2D eigenvalue weighted by atomic mass is 10.1. The maximum Gasteiger partial charge on any atom is 0.202 e. The first-order chi connectivity index (χ1) is 14.7. The molecule has 154 valence electrons. The van der Waals surface area contributed by atoms with E-state index < -0.39 is 0 Å². The van der Waals surface area contributed by atoms with Crippen molar-refractivity contribution in [2.75, 3.05) is 13.1 Å². The van der Waals surface area contributed by atoms with Crippen molar-refractivity contribution >= 4 is 33.3 Å². The van der Waals surface area contributed by atoms with Crippen LogP contribution in [-0.2, 0) is 0 Å². The van der Waals surface area contributed by atoms with Crippen molar-refractivity contribution in [3.63, 3.8) is 0 Å². The number of hydrogen-bond acceptors (Lipinski definition) is 7. The van der Waals surface area contributed by atoms with Gasteiger partial charge in [-0.1, -0.05) is 6.42 Å². The van der Waals surface area contributed by atoms with Crippen LogP contribution in [0.3, 0.4) is 0 Å². The van der Waals surface area contributed by atoms with Gasteiger partial charge in [-0.3, -0.25) is 9.47 Å². The van der Waals surface area contributed by atoms with Crippen molar-refractivity contribution in [3.8, 4) is 5.69 Å². The van der Waals surface area contributed by atoms with Crippen molar-refractivity contribution in [1.29, 1.82) is 0 Å². The zero-order valence-electron chi connectivity index (χ0n) is 16.5. The first kappa shape index (κ1) is 19.6. The topological polar surface area (TPSA) is 59.7 Å². The van der Waals surface area contributed by atoms with Crippen molar-refractivity contribution in [3.05, 3.63) is 53.7 Å². The van der Waals surface area contributed by atoms with Crippen molar-refractivity contribution in [1.82, 2.24) is 29.6 Å². The number of benzene rings is 1. The predicted molar refractivity (Wildman–Crippen MR) is 117 cm³/mol. The van der Waals surface area contributed by atoms with Crippen LogP contribution in [0.1, 0.15) is 38.1 Å². The fourth-order valence-corrected chi connectivity index (χ4v) is 5.57. The first-order valence-electron chi connectivity index (χ1n) is 10.0. The summed E-state index contributed by atoms with van der Waals surface area (Å²) in [5.41, 5.74) is 0.846. The summed E-state index contributed by atoms with van der Waals surface area (Å²) in [4.78, 5) is 12.2. The average molecular weight is 441 g/mol. The lowest BCUT2D eigenvalue weighted by Gasteiger charge is -2.31. The largest absolute Gasteiger partial charge is 0.294 e. The van der Waals surface area contributed by atoms with Crippen LogP contribution in [0, 0.1) is 5.82 Å². The maximum atomic E-state index is 13.6. The van der Waals surface area contributed by atoms with Crippen LogP contribution in [-0.4, -0.2) is 42.7 Å². The molecule has 5 rings (SSSR count). The molecule has 3 aromatic heterocycles. The van der Waals surface area contributed by atoms with E-state index in [4.69, 9.17) is 0 Å². The summed E-state index contributed by atoms with van der Waals surface area (Å²) in [6.07, 6.45) is 5.26. The molecule has 1 atom stereocenters. The number of aromatic nitrogens is 5. The predicted octanol–water partition coefficient (Wildman–Crippen LogP) is 5.11. The molecular formula is C21H21FN6S2. The minimum absolute atomic E-state index is 0.115. The van der Waals surface area contributed by atoms with Crippen LogP contribution < -0.4 is 0 Å². The van der Waals surface area contributed by atoms with Gasteiger partial charge in [-0.15, -0.1) is 21.5 Å². The molecule has 0 saturated carbocycles. The molecule has 0 amide bonds. The summed E-state index contributed by atoms with van der Waals surface area (Å²) in [6.45, 7) is 4.29. The highest BCUT2D eigenvalue weighted by Gasteiger charge is 2.26. The standard InChI is InChI=1S/C21H21FN6S2/c1-14(27-10-3-2-4-11-27)18-25-26-21(28(18)16-7-5-15(22)6-8-16)30-20-17-9-12-29-19(17)23-13-24-20/h5-9,12-14H,2-4,10-11H2,1H3. The summed E-state index contributed by atoms with van der Waals surface area (Å²) in [7, 11) is 0. The second-order valence-electron chi connectivity index (χ2n) is 7.35. The van der Waals surface area contributed by atoms with Crippen LogP contribution in [0.4, 0.5) is 4.39 Å². The van der Waals surface area contributed by atoms with Crippen LogP contribution in [0.5, 0.6) is 0 Å².